The molecule has 1 aliphatic rings. The van der Waals surface area contributed by atoms with Crippen LogP contribution in [0.4, 0.5) is 11.6 Å². The Kier molecular flexibility index (Phi) is 6.50. The lowest BCUT2D eigenvalue weighted by molar-refractivity contribution is 0.0736. The van der Waals surface area contributed by atoms with Crippen molar-refractivity contribution in [1.82, 2.24) is 35.1 Å². The molecular formula is C24H24N8OS. The summed E-state index contributed by atoms with van der Waals surface area (Å²) < 4.78 is 0. The summed E-state index contributed by atoms with van der Waals surface area (Å²) in [6.45, 7) is 5.10. The van der Waals surface area contributed by atoms with E-state index in [1.165, 1.54) is 0 Å². The summed E-state index contributed by atoms with van der Waals surface area (Å²) in [7, 11) is 0. The first-order valence-electron chi connectivity index (χ1n) is 11.1. The number of hydrogen-bond acceptors (Lipinski definition) is 9. The molecule has 2 N–H and O–H groups in total. The number of rotatable bonds is 6. The quantitative estimate of drug-likeness (QED) is 0.441. The number of carbonyl (C=O) groups excluding carboxylic acids is 1. The largest absolute Gasteiger partial charge is 0.336 e. The molecule has 5 rings (SSSR count). The Bertz CT molecular complexity index is 1300. The Hall–Kier alpha value is -3.76. The zero-order valence-electron chi connectivity index (χ0n) is 18.7. The molecule has 10 heteroatoms. The number of nitrogens with zero attached hydrogens (tertiary/aromatic N) is 6. The van der Waals surface area contributed by atoms with Crippen LogP contribution < -0.4 is 10.6 Å². The third kappa shape index (κ3) is 5.24. The number of carbonyl (C=O) groups is 1. The summed E-state index contributed by atoms with van der Waals surface area (Å²) in [4.78, 5) is 38.1. The molecule has 0 atom stereocenters. The number of amides is 1. The van der Waals surface area contributed by atoms with Crippen LogP contribution in [-0.4, -0.2) is 61.9 Å². The van der Waals surface area contributed by atoms with E-state index in [1.807, 2.05) is 41.5 Å². The van der Waals surface area contributed by atoms with Gasteiger partial charge >= 0.3 is 0 Å². The zero-order chi connectivity index (χ0) is 23.3. The van der Waals surface area contributed by atoms with Crippen LogP contribution in [0, 0.1) is 6.92 Å². The van der Waals surface area contributed by atoms with Gasteiger partial charge in [0.25, 0.3) is 5.91 Å². The highest BCUT2D eigenvalue weighted by Gasteiger charge is 2.19. The van der Waals surface area contributed by atoms with E-state index in [-0.39, 0.29) is 5.91 Å². The lowest BCUT2D eigenvalue weighted by Crippen LogP contribution is -2.46. The van der Waals surface area contributed by atoms with Gasteiger partial charge in [0.05, 0.1) is 5.56 Å². The molecule has 172 valence electrons. The van der Waals surface area contributed by atoms with Crippen molar-refractivity contribution >= 4 is 28.9 Å². The van der Waals surface area contributed by atoms with Crippen LogP contribution in [0.25, 0.3) is 11.5 Å². The predicted octanol–water partition coefficient (Wildman–Crippen LogP) is 3.08. The van der Waals surface area contributed by atoms with E-state index in [0.29, 0.717) is 29.7 Å². The van der Waals surface area contributed by atoms with Gasteiger partial charge in [-0.2, -0.15) is 0 Å². The number of thiophene rings is 1. The lowest BCUT2D eigenvalue weighted by atomic mass is 10.2. The van der Waals surface area contributed by atoms with Crippen LogP contribution in [0.3, 0.4) is 0 Å². The van der Waals surface area contributed by atoms with Gasteiger partial charge in [0.2, 0.25) is 0 Å². The van der Waals surface area contributed by atoms with Gasteiger partial charge in [-0.05, 0) is 37.3 Å². The van der Waals surface area contributed by atoms with Crippen LogP contribution in [0.5, 0.6) is 0 Å². The smallest absolute Gasteiger partial charge is 0.254 e. The van der Waals surface area contributed by atoms with E-state index in [2.05, 4.69) is 35.6 Å². The van der Waals surface area contributed by atoms with Crippen LogP contribution in [0.1, 0.15) is 26.8 Å². The Morgan fingerprint density at radius 3 is 2.68 bits per heavy atom. The third-order valence-electron chi connectivity index (χ3n) is 5.37. The number of pyridine rings is 1. The van der Waals surface area contributed by atoms with Crippen molar-refractivity contribution < 1.29 is 4.79 Å². The normalized spacial score (nSPS) is 13.6. The van der Waals surface area contributed by atoms with E-state index < -0.39 is 0 Å². The predicted molar refractivity (Wildman–Crippen MR) is 131 cm³/mol. The molecule has 5 heterocycles. The van der Waals surface area contributed by atoms with Crippen LogP contribution in [0.2, 0.25) is 0 Å². The number of aryl methyl sites for hydroxylation is 1. The summed E-state index contributed by atoms with van der Waals surface area (Å²) in [5.74, 6) is 2.56. The van der Waals surface area contributed by atoms with Gasteiger partial charge in [0.15, 0.2) is 5.82 Å². The number of anilines is 2. The second kappa shape index (κ2) is 10.0. The highest BCUT2D eigenvalue weighted by molar-refractivity contribution is 7.10. The number of piperazine rings is 1. The number of nitrogens with one attached hydrogen (secondary N) is 2. The van der Waals surface area contributed by atoms with Crippen molar-refractivity contribution in [3.8, 4) is 11.5 Å². The molecule has 9 nitrogen and oxygen atoms in total. The second-order valence-corrected chi connectivity index (χ2v) is 8.93. The molecule has 0 unspecified atom stereocenters. The first-order valence-corrected chi connectivity index (χ1v) is 12.0. The number of hydrogen-bond donors (Lipinski definition) is 2. The standard InChI is InChI=1S/C24H24N8OS/c1-16-3-2-4-19(28-16)23-27-8-6-21(31-23)29-20-5-7-26-22(30-20)14-18-13-17(15-34-18)24(33)32-11-9-25-10-12-32/h2-8,13,15,25H,9-12,14H2,1H3,(H,26,27,29,30,31). The first-order chi connectivity index (χ1) is 16.6. The Labute approximate surface area is 201 Å². The molecular weight excluding hydrogens is 448 g/mol. The molecule has 4 aromatic rings. The van der Waals surface area contributed by atoms with Gasteiger partial charge in [-0.3, -0.25) is 4.79 Å². The molecule has 0 spiro atoms. The maximum absolute atomic E-state index is 12.7. The summed E-state index contributed by atoms with van der Waals surface area (Å²) in [5.41, 5.74) is 2.36. The summed E-state index contributed by atoms with van der Waals surface area (Å²) in [6, 6.07) is 11.3. The first kappa shape index (κ1) is 22.1. The van der Waals surface area contributed by atoms with Crippen LogP contribution in [0.15, 0.2) is 54.2 Å². The molecule has 0 saturated carbocycles. The molecule has 1 aliphatic heterocycles. The maximum atomic E-state index is 12.7. The van der Waals surface area contributed by atoms with Crippen molar-refractivity contribution in [2.24, 2.45) is 0 Å². The fourth-order valence-corrected chi connectivity index (χ4v) is 4.55. The van der Waals surface area contributed by atoms with Crippen molar-refractivity contribution in [2.75, 3.05) is 31.5 Å². The minimum atomic E-state index is 0.0861. The molecule has 1 saturated heterocycles. The molecule has 0 aromatic carbocycles. The van der Waals surface area contributed by atoms with Crippen molar-refractivity contribution in [3.63, 3.8) is 0 Å². The molecule has 0 aliphatic carbocycles. The van der Waals surface area contributed by atoms with E-state index in [1.54, 1.807) is 35.9 Å². The van der Waals surface area contributed by atoms with Gasteiger partial charge < -0.3 is 15.5 Å². The van der Waals surface area contributed by atoms with E-state index in [0.717, 1.165) is 48.0 Å². The van der Waals surface area contributed by atoms with Crippen molar-refractivity contribution in [3.05, 3.63) is 76.1 Å². The molecule has 1 amide bonds. The fraction of sp³-hybridized carbons (Fsp3) is 0.250. The second-order valence-electron chi connectivity index (χ2n) is 7.93. The average Bonchev–Trinajstić information content (AvgIpc) is 3.33. The minimum Gasteiger partial charge on any atom is -0.336 e. The highest BCUT2D eigenvalue weighted by Crippen LogP contribution is 2.21. The third-order valence-corrected chi connectivity index (χ3v) is 6.31. The van der Waals surface area contributed by atoms with Crippen LogP contribution in [-0.2, 0) is 6.42 Å². The van der Waals surface area contributed by atoms with Gasteiger partial charge in [0.1, 0.15) is 23.2 Å². The molecule has 0 bridgehead atoms. The summed E-state index contributed by atoms with van der Waals surface area (Å²) in [6.07, 6.45) is 3.96. The Morgan fingerprint density at radius 1 is 1.06 bits per heavy atom. The molecule has 34 heavy (non-hydrogen) atoms. The fourth-order valence-electron chi connectivity index (χ4n) is 3.70. The molecule has 1 fully saturated rings. The Morgan fingerprint density at radius 2 is 1.85 bits per heavy atom. The van der Waals surface area contributed by atoms with Gasteiger partial charge in [-0.15, -0.1) is 11.3 Å². The highest BCUT2D eigenvalue weighted by atomic mass is 32.1. The van der Waals surface area contributed by atoms with Crippen molar-refractivity contribution in [2.45, 2.75) is 13.3 Å². The average molecular weight is 473 g/mol. The summed E-state index contributed by atoms with van der Waals surface area (Å²) in [5, 5.41) is 8.42. The number of aromatic nitrogens is 5. The minimum absolute atomic E-state index is 0.0861. The maximum Gasteiger partial charge on any atom is 0.254 e. The monoisotopic (exact) mass is 472 g/mol. The van der Waals surface area contributed by atoms with Gasteiger partial charge in [-0.1, -0.05) is 6.07 Å². The Balaban J connectivity index is 1.27. The zero-order valence-corrected chi connectivity index (χ0v) is 19.5. The van der Waals surface area contributed by atoms with Gasteiger partial charge in [0, 0.05) is 60.9 Å². The SMILES string of the molecule is Cc1cccc(-c2nccc(Nc3ccnc(Cc4cc(C(=O)N5CCNCC5)cs4)n3)n2)n1. The topological polar surface area (TPSA) is 109 Å². The molecule has 0 radical (unpaired) electrons. The van der Waals surface area contributed by atoms with Crippen molar-refractivity contribution in [1.29, 1.82) is 0 Å². The van der Waals surface area contributed by atoms with E-state index in [9.17, 15) is 4.79 Å². The van der Waals surface area contributed by atoms with E-state index >= 15 is 0 Å². The molecule has 4 aromatic heterocycles. The van der Waals surface area contributed by atoms with Crippen LogP contribution >= 0.6 is 11.3 Å². The summed E-state index contributed by atoms with van der Waals surface area (Å²) >= 11 is 1.56. The lowest BCUT2D eigenvalue weighted by Gasteiger charge is -2.27. The van der Waals surface area contributed by atoms with E-state index in [4.69, 9.17) is 0 Å². The van der Waals surface area contributed by atoms with Gasteiger partial charge in [-0.25, -0.2) is 24.9 Å².